The van der Waals surface area contributed by atoms with Crippen LogP contribution < -0.4 is 4.74 Å². The number of ether oxygens (including phenoxy) is 2. The molecule has 0 spiro atoms. The van der Waals surface area contributed by atoms with Crippen molar-refractivity contribution in [2.24, 2.45) is 0 Å². The average molecular weight is 262 g/mol. The quantitative estimate of drug-likeness (QED) is 0.788. The van der Waals surface area contributed by atoms with Crippen LogP contribution in [0, 0.1) is 11.6 Å². The van der Waals surface area contributed by atoms with E-state index >= 15 is 0 Å². The molecule has 0 saturated carbocycles. The monoisotopic (exact) mass is 262 g/mol. The highest BCUT2D eigenvalue weighted by molar-refractivity contribution is 5.64. The third kappa shape index (κ3) is 2.90. The lowest BCUT2D eigenvalue weighted by molar-refractivity contribution is 0.263. The molecule has 1 heterocycles. The fraction of sp³-hybridized carbons (Fsp3) is 0.200. The molecule has 1 aliphatic rings. The third-order valence-corrected chi connectivity index (χ3v) is 2.95. The van der Waals surface area contributed by atoms with E-state index in [9.17, 15) is 8.78 Å². The molecule has 1 fully saturated rings. The van der Waals surface area contributed by atoms with Crippen LogP contribution in [0.1, 0.15) is 0 Å². The van der Waals surface area contributed by atoms with E-state index in [1.807, 2.05) is 12.1 Å². The molecule has 0 aromatic heterocycles. The van der Waals surface area contributed by atoms with E-state index in [2.05, 4.69) is 0 Å². The fourth-order valence-electron chi connectivity index (χ4n) is 1.77. The van der Waals surface area contributed by atoms with Gasteiger partial charge >= 0.3 is 0 Å². The maximum atomic E-state index is 13.1. The second-order valence-corrected chi connectivity index (χ2v) is 4.42. The first-order valence-corrected chi connectivity index (χ1v) is 6.02. The van der Waals surface area contributed by atoms with Gasteiger partial charge in [-0.1, -0.05) is 18.2 Å². The van der Waals surface area contributed by atoms with Crippen LogP contribution in [0.25, 0.3) is 11.1 Å². The molecule has 0 radical (unpaired) electrons. The highest BCUT2D eigenvalue weighted by Gasteiger charge is 2.22. The molecule has 19 heavy (non-hydrogen) atoms. The smallest absolute Gasteiger partial charge is 0.159 e. The molecule has 3 rings (SSSR count). The van der Waals surface area contributed by atoms with Crippen molar-refractivity contribution >= 4 is 0 Å². The van der Waals surface area contributed by atoms with Crippen LogP contribution in [0.2, 0.25) is 0 Å². The first kappa shape index (κ1) is 12.1. The molecular formula is C15H12F2O2. The fourth-order valence-corrected chi connectivity index (χ4v) is 1.77. The third-order valence-electron chi connectivity index (χ3n) is 2.95. The van der Waals surface area contributed by atoms with Gasteiger partial charge in [-0.3, -0.25) is 0 Å². The number of epoxide rings is 1. The summed E-state index contributed by atoms with van der Waals surface area (Å²) < 4.78 is 36.6. The summed E-state index contributed by atoms with van der Waals surface area (Å²) in [6.07, 6.45) is 0.214. The van der Waals surface area contributed by atoms with E-state index in [0.29, 0.717) is 12.2 Å². The van der Waals surface area contributed by atoms with E-state index in [-0.39, 0.29) is 6.10 Å². The Kier molecular flexibility index (Phi) is 3.17. The summed E-state index contributed by atoms with van der Waals surface area (Å²) in [5.41, 5.74) is 1.45. The van der Waals surface area contributed by atoms with Crippen molar-refractivity contribution in [3.05, 3.63) is 54.1 Å². The lowest BCUT2D eigenvalue weighted by Crippen LogP contribution is -2.03. The Labute approximate surface area is 109 Å². The zero-order chi connectivity index (χ0) is 13.2. The van der Waals surface area contributed by atoms with Crippen molar-refractivity contribution < 1.29 is 18.3 Å². The van der Waals surface area contributed by atoms with E-state index in [4.69, 9.17) is 9.47 Å². The zero-order valence-corrected chi connectivity index (χ0v) is 10.1. The van der Waals surface area contributed by atoms with Crippen LogP contribution >= 0.6 is 0 Å². The highest BCUT2D eigenvalue weighted by Crippen LogP contribution is 2.24. The van der Waals surface area contributed by atoms with E-state index < -0.39 is 11.6 Å². The number of hydrogen-bond acceptors (Lipinski definition) is 2. The molecule has 98 valence electrons. The maximum Gasteiger partial charge on any atom is 0.159 e. The first-order valence-electron chi connectivity index (χ1n) is 6.02. The van der Waals surface area contributed by atoms with Crippen LogP contribution in [0.4, 0.5) is 8.78 Å². The van der Waals surface area contributed by atoms with Crippen molar-refractivity contribution in [2.75, 3.05) is 13.2 Å². The Bertz CT molecular complexity index is 577. The first-order chi connectivity index (χ1) is 9.22. The Morgan fingerprint density at radius 2 is 1.68 bits per heavy atom. The summed E-state index contributed by atoms with van der Waals surface area (Å²) in [5, 5.41) is 0. The minimum absolute atomic E-state index is 0.214. The second kappa shape index (κ2) is 4.97. The number of benzene rings is 2. The second-order valence-electron chi connectivity index (χ2n) is 4.42. The number of rotatable bonds is 4. The summed E-state index contributed by atoms with van der Waals surface area (Å²) in [6, 6.07) is 11.1. The zero-order valence-electron chi connectivity index (χ0n) is 10.1. The van der Waals surface area contributed by atoms with Gasteiger partial charge in [0.15, 0.2) is 11.6 Å². The normalized spacial score (nSPS) is 17.3. The van der Waals surface area contributed by atoms with Gasteiger partial charge in [-0.2, -0.15) is 0 Å². The molecule has 0 bridgehead atoms. The summed E-state index contributed by atoms with van der Waals surface area (Å²) in [4.78, 5) is 0. The van der Waals surface area contributed by atoms with Gasteiger partial charge in [-0.05, 0) is 35.4 Å². The van der Waals surface area contributed by atoms with Gasteiger partial charge in [0.25, 0.3) is 0 Å². The predicted molar refractivity (Wildman–Crippen MR) is 67.0 cm³/mol. The van der Waals surface area contributed by atoms with Crippen LogP contribution in [0.5, 0.6) is 5.75 Å². The van der Waals surface area contributed by atoms with E-state index in [1.165, 1.54) is 6.07 Å². The number of halogens is 2. The van der Waals surface area contributed by atoms with Gasteiger partial charge in [0.05, 0.1) is 6.61 Å². The lowest BCUT2D eigenvalue weighted by atomic mass is 10.1. The van der Waals surface area contributed by atoms with Gasteiger partial charge < -0.3 is 9.47 Å². The Hall–Kier alpha value is -1.94. The van der Waals surface area contributed by atoms with Crippen LogP contribution in [-0.4, -0.2) is 19.3 Å². The van der Waals surface area contributed by atoms with Crippen molar-refractivity contribution in [2.45, 2.75) is 6.10 Å². The molecular weight excluding hydrogens is 250 g/mol. The molecule has 0 amide bonds. The maximum absolute atomic E-state index is 13.1. The van der Waals surface area contributed by atoms with Crippen LogP contribution in [0.15, 0.2) is 42.5 Å². The SMILES string of the molecule is Fc1ccc(-c2ccc(OCC3CO3)cc2)cc1F. The minimum Gasteiger partial charge on any atom is -0.491 e. The molecule has 1 saturated heterocycles. The Balaban J connectivity index is 1.74. The standard InChI is InChI=1S/C15H12F2O2/c16-14-6-3-11(7-15(14)17)10-1-4-12(5-2-10)18-8-13-9-19-13/h1-7,13H,8-9H2. The minimum atomic E-state index is -0.844. The van der Waals surface area contributed by atoms with Gasteiger partial charge in [-0.15, -0.1) is 0 Å². The van der Waals surface area contributed by atoms with Crippen molar-refractivity contribution in [3.63, 3.8) is 0 Å². The molecule has 0 N–H and O–H groups in total. The largest absolute Gasteiger partial charge is 0.491 e. The lowest BCUT2D eigenvalue weighted by Gasteiger charge is -2.06. The molecule has 1 unspecified atom stereocenters. The molecule has 2 nitrogen and oxygen atoms in total. The van der Waals surface area contributed by atoms with Gasteiger partial charge in [0.1, 0.15) is 18.5 Å². The highest BCUT2D eigenvalue weighted by atomic mass is 19.2. The summed E-state index contributed by atoms with van der Waals surface area (Å²) in [5.74, 6) is -0.946. The van der Waals surface area contributed by atoms with Crippen molar-refractivity contribution in [1.29, 1.82) is 0 Å². The summed E-state index contributed by atoms with van der Waals surface area (Å²) in [6.45, 7) is 1.30. The summed E-state index contributed by atoms with van der Waals surface area (Å²) >= 11 is 0. The van der Waals surface area contributed by atoms with Crippen LogP contribution in [-0.2, 0) is 4.74 Å². The molecule has 0 aliphatic carbocycles. The number of hydrogen-bond donors (Lipinski definition) is 0. The molecule has 2 aromatic rings. The average Bonchev–Trinajstić information content (AvgIpc) is 3.24. The molecule has 1 atom stereocenters. The van der Waals surface area contributed by atoms with Gasteiger partial charge in [-0.25, -0.2) is 8.78 Å². The van der Waals surface area contributed by atoms with Gasteiger partial charge in [0.2, 0.25) is 0 Å². The Morgan fingerprint density at radius 1 is 1.00 bits per heavy atom. The van der Waals surface area contributed by atoms with Crippen LogP contribution in [0.3, 0.4) is 0 Å². The van der Waals surface area contributed by atoms with E-state index in [0.717, 1.165) is 24.0 Å². The predicted octanol–water partition coefficient (Wildman–Crippen LogP) is 3.41. The Morgan fingerprint density at radius 3 is 2.32 bits per heavy atom. The van der Waals surface area contributed by atoms with Gasteiger partial charge in [0, 0.05) is 0 Å². The van der Waals surface area contributed by atoms with E-state index in [1.54, 1.807) is 18.2 Å². The molecule has 4 heteroatoms. The molecule has 1 aliphatic heterocycles. The van der Waals surface area contributed by atoms with Crippen molar-refractivity contribution in [1.82, 2.24) is 0 Å². The van der Waals surface area contributed by atoms with Crippen molar-refractivity contribution in [3.8, 4) is 16.9 Å². The topological polar surface area (TPSA) is 21.8 Å². The molecule has 2 aromatic carbocycles. The summed E-state index contributed by atoms with van der Waals surface area (Å²) in [7, 11) is 0.